The number of halogens is 1. The number of aromatic carboxylic acids is 1. The van der Waals surface area contributed by atoms with Crippen LogP contribution in [-0.4, -0.2) is 24.5 Å². The number of rotatable bonds is 4. The Kier molecular flexibility index (Phi) is 3.50. The maximum Gasteiger partial charge on any atom is 0.337 e. The van der Waals surface area contributed by atoms with Crippen molar-refractivity contribution in [1.29, 1.82) is 0 Å². The molecule has 0 unspecified atom stereocenters. The molecule has 2 aromatic rings. The van der Waals surface area contributed by atoms with Gasteiger partial charge in [-0.3, -0.25) is 4.72 Å². The molecule has 0 saturated carbocycles. The molecule has 0 atom stereocenters. The lowest BCUT2D eigenvalue weighted by molar-refractivity contribution is 0.0698. The van der Waals surface area contributed by atoms with Gasteiger partial charge < -0.3 is 10.1 Å². The predicted octanol–water partition coefficient (Wildman–Crippen LogP) is 2.17. The van der Waals surface area contributed by atoms with Gasteiger partial charge in [0.05, 0.1) is 11.3 Å². The van der Waals surface area contributed by atoms with E-state index in [1.54, 1.807) is 0 Å². The summed E-state index contributed by atoms with van der Waals surface area (Å²) < 4.78 is 26.1. The van der Waals surface area contributed by atoms with E-state index in [4.69, 9.17) is 16.7 Å². The van der Waals surface area contributed by atoms with Crippen molar-refractivity contribution in [3.05, 3.63) is 47.2 Å². The van der Waals surface area contributed by atoms with E-state index >= 15 is 0 Å². The topological polar surface area (TPSA) is 99.3 Å². The van der Waals surface area contributed by atoms with Crippen molar-refractivity contribution in [2.75, 3.05) is 4.72 Å². The number of sulfonamides is 1. The predicted molar refractivity (Wildman–Crippen MR) is 70.0 cm³/mol. The maximum absolute atomic E-state index is 12.0. The van der Waals surface area contributed by atoms with Crippen LogP contribution in [0.3, 0.4) is 0 Å². The fourth-order valence-electron chi connectivity index (χ4n) is 1.46. The maximum atomic E-state index is 12.0. The zero-order valence-electron chi connectivity index (χ0n) is 9.42. The highest BCUT2D eigenvalue weighted by Crippen LogP contribution is 2.23. The average molecular weight is 301 g/mol. The Hall–Kier alpha value is -1.99. The van der Waals surface area contributed by atoms with E-state index in [0.717, 1.165) is 0 Å². The largest absolute Gasteiger partial charge is 0.478 e. The number of H-pyrrole nitrogens is 1. The summed E-state index contributed by atoms with van der Waals surface area (Å²) in [7, 11) is -3.83. The average Bonchev–Trinajstić information content (AvgIpc) is 2.85. The van der Waals surface area contributed by atoms with E-state index in [-0.39, 0.29) is 21.2 Å². The van der Waals surface area contributed by atoms with Crippen molar-refractivity contribution in [2.45, 2.75) is 4.90 Å². The Morgan fingerprint density at radius 3 is 2.63 bits per heavy atom. The summed E-state index contributed by atoms with van der Waals surface area (Å²) in [5.74, 6) is -1.27. The molecule has 0 saturated heterocycles. The van der Waals surface area contributed by atoms with Gasteiger partial charge in [-0.1, -0.05) is 11.6 Å². The first-order valence-electron chi connectivity index (χ1n) is 5.08. The van der Waals surface area contributed by atoms with Gasteiger partial charge in [-0.05, 0) is 24.3 Å². The quantitative estimate of drug-likeness (QED) is 0.805. The van der Waals surface area contributed by atoms with E-state index in [1.807, 2.05) is 0 Å². The fourth-order valence-corrected chi connectivity index (χ4v) is 2.69. The van der Waals surface area contributed by atoms with Crippen LogP contribution in [0.5, 0.6) is 0 Å². The molecule has 0 spiro atoms. The van der Waals surface area contributed by atoms with Gasteiger partial charge in [-0.2, -0.15) is 0 Å². The molecule has 100 valence electrons. The second-order valence-corrected chi connectivity index (χ2v) is 5.77. The second kappa shape index (κ2) is 4.94. The summed E-state index contributed by atoms with van der Waals surface area (Å²) in [6.45, 7) is 0. The number of carbonyl (C=O) groups is 1. The molecule has 8 heteroatoms. The van der Waals surface area contributed by atoms with Crippen molar-refractivity contribution in [2.24, 2.45) is 0 Å². The molecule has 0 amide bonds. The summed E-state index contributed by atoms with van der Waals surface area (Å²) >= 11 is 5.69. The number of aromatic nitrogens is 1. The second-order valence-electron chi connectivity index (χ2n) is 3.65. The van der Waals surface area contributed by atoms with Gasteiger partial charge in [0.2, 0.25) is 0 Å². The van der Waals surface area contributed by atoms with Crippen LogP contribution >= 0.6 is 11.6 Å². The summed E-state index contributed by atoms with van der Waals surface area (Å²) in [6.07, 6.45) is 2.74. The fraction of sp³-hybridized carbons (Fsp3) is 0. The zero-order valence-corrected chi connectivity index (χ0v) is 11.0. The molecule has 19 heavy (non-hydrogen) atoms. The minimum absolute atomic E-state index is 0.0128. The van der Waals surface area contributed by atoms with Crippen molar-refractivity contribution >= 4 is 33.3 Å². The van der Waals surface area contributed by atoms with Crippen LogP contribution in [0.4, 0.5) is 5.69 Å². The minimum atomic E-state index is -3.83. The number of hydrogen-bond acceptors (Lipinski definition) is 3. The third kappa shape index (κ3) is 2.88. The molecule has 0 aliphatic rings. The first kappa shape index (κ1) is 13.4. The summed E-state index contributed by atoms with van der Waals surface area (Å²) in [6, 6.07) is 5.25. The lowest BCUT2D eigenvalue weighted by atomic mass is 10.2. The van der Waals surface area contributed by atoms with Gasteiger partial charge in [0, 0.05) is 17.4 Å². The van der Waals surface area contributed by atoms with Gasteiger partial charge in [0.1, 0.15) is 4.90 Å². The third-order valence-electron chi connectivity index (χ3n) is 2.34. The van der Waals surface area contributed by atoms with Crippen molar-refractivity contribution < 1.29 is 18.3 Å². The van der Waals surface area contributed by atoms with Gasteiger partial charge in [-0.25, -0.2) is 13.2 Å². The number of aromatic amines is 1. The van der Waals surface area contributed by atoms with Gasteiger partial charge in [-0.15, -0.1) is 0 Å². The Balaban J connectivity index is 2.42. The number of hydrogen-bond donors (Lipinski definition) is 3. The lowest BCUT2D eigenvalue weighted by Gasteiger charge is -2.09. The number of benzene rings is 1. The Labute approximate surface area is 114 Å². The number of anilines is 1. The SMILES string of the molecule is O=C(O)c1cc(Cl)ccc1NS(=O)(=O)c1cc[nH]c1. The molecule has 3 N–H and O–H groups in total. The van der Waals surface area contributed by atoms with E-state index in [2.05, 4.69) is 9.71 Å². The van der Waals surface area contributed by atoms with Crippen LogP contribution in [0.1, 0.15) is 10.4 Å². The standard InChI is InChI=1S/C11H9ClN2O4S/c12-7-1-2-10(9(5-7)11(15)16)14-19(17,18)8-3-4-13-6-8/h1-6,13-14H,(H,15,16). The van der Waals surface area contributed by atoms with Crippen LogP contribution in [0.2, 0.25) is 5.02 Å². The van der Waals surface area contributed by atoms with E-state index in [9.17, 15) is 13.2 Å². The van der Waals surface area contributed by atoms with Crippen LogP contribution < -0.4 is 4.72 Å². The molecule has 1 aromatic carbocycles. The first-order valence-corrected chi connectivity index (χ1v) is 6.95. The smallest absolute Gasteiger partial charge is 0.337 e. The summed E-state index contributed by atoms with van der Waals surface area (Å²) in [5.41, 5.74) is -0.260. The van der Waals surface area contributed by atoms with E-state index < -0.39 is 16.0 Å². The van der Waals surface area contributed by atoms with Gasteiger partial charge >= 0.3 is 5.97 Å². The number of carboxylic acids is 1. The highest BCUT2D eigenvalue weighted by molar-refractivity contribution is 7.92. The molecular formula is C11H9ClN2O4S. The number of carboxylic acid groups (broad SMARTS) is 1. The Morgan fingerprint density at radius 2 is 2.05 bits per heavy atom. The van der Waals surface area contributed by atoms with Gasteiger partial charge in [0.25, 0.3) is 10.0 Å². The lowest BCUT2D eigenvalue weighted by Crippen LogP contribution is -2.15. The molecule has 6 nitrogen and oxygen atoms in total. The molecule has 0 radical (unpaired) electrons. The van der Waals surface area contributed by atoms with E-state index in [0.29, 0.717) is 0 Å². The zero-order chi connectivity index (χ0) is 14.0. The molecule has 0 aliphatic heterocycles. The van der Waals surface area contributed by atoms with Crippen LogP contribution in [0.25, 0.3) is 0 Å². The highest BCUT2D eigenvalue weighted by Gasteiger charge is 2.19. The Bertz CT molecular complexity index is 710. The molecule has 0 aliphatic carbocycles. The van der Waals surface area contributed by atoms with Crippen molar-refractivity contribution in [3.8, 4) is 0 Å². The minimum Gasteiger partial charge on any atom is -0.478 e. The van der Waals surface area contributed by atoms with Crippen LogP contribution in [0, 0.1) is 0 Å². The van der Waals surface area contributed by atoms with E-state index in [1.165, 1.54) is 36.7 Å². The monoisotopic (exact) mass is 300 g/mol. The highest BCUT2D eigenvalue weighted by atomic mass is 35.5. The summed E-state index contributed by atoms with van der Waals surface area (Å²) in [5, 5.41) is 9.23. The Morgan fingerprint density at radius 1 is 1.32 bits per heavy atom. The van der Waals surface area contributed by atoms with Crippen LogP contribution in [-0.2, 0) is 10.0 Å². The van der Waals surface area contributed by atoms with Gasteiger partial charge in [0.15, 0.2) is 0 Å². The normalized spacial score (nSPS) is 11.2. The molecule has 2 rings (SSSR count). The molecule has 1 aromatic heterocycles. The molecule has 0 fully saturated rings. The third-order valence-corrected chi connectivity index (χ3v) is 3.93. The van der Waals surface area contributed by atoms with Crippen molar-refractivity contribution in [3.63, 3.8) is 0 Å². The summed E-state index contributed by atoms with van der Waals surface area (Å²) in [4.78, 5) is 13.7. The molecule has 1 heterocycles. The molecular weight excluding hydrogens is 292 g/mol. The van der Waals surface area contributed by atoms with Crippen LogP contribution in [0.15, 0.2) is 41.6 Å². The number of nitrogens with one attached hydrogen (secondary N) is 2. The first-order chi connectivity index (χ1) is 8.90. The van der Waals surface area contributed by atoms with Crippen molar-refractivity contribution in [1.82, 2.24) is 4.98 Å². The molecule has 0 bridgehead atoms.